The molecular formula is C28H30F2N2O5. The van der Waals surface area contributed by atoms with Crippen LogP contribution < -0.4 is 9.47 Å². The Kier molecular flexibility index (Phi) is 8.70. The first-order valence-electron chi connectivity index (χ1n) is 12.2. The van der Waals surface area contributed by atoms with Gasteiger partial charge in [-0.1, -0.05) is 12.1 Å². The second-order valence-corrected chi connectivity index (χ2v) is 8.14. The van der Waals surface area contributed by atoms with Gasteiger partial charge in [-0.25, -0.2) is 13.8 Å². The Morgan fingerprint density at radius 2 is 1.54 bits per heavy atom. The van der Waals surface area contributed by atoms with E-state index in [2.05, 4.69) is 0 Å². The van der Waals surface area contributed by atoms with Gasteiger partial charge in [-0.3, -0.25) is 4.57 Å². The Morgan fingerprint density at radius 1 is 0.838 bits per heavy atom. The number of hydrogen-bond donors (Lipinski definition) is 1. The molecule has 0 saturated carbocycles. The van der Waals surface area contributed by atoms with E-state index in [1.807, 2.05) is 39.0 Å². The van der Waals surface area contributed by atoms with Gasteiger partial charge in [0.15, 0.2) is 0 Å². The van der Waals surface area contributed by atoms with E-state index < -0.39 is 24.2 Å². The van der Waals surface area contributed by atoms with E-state index in [4.69, 9.17) is 23.9 Å². The number of nitrogens with zero attached hydrogens (tertiary/aromatic N) is 2. The van der Waals surface area contributed by atoms with Crippen molar-refractivity contribution in [2.24, 2.45) is 0 Å². The van der Waals surface area contributed by atoms with E-state index in [-0.39, 0.29) is 12.2 Å². The van der Waals surface area contributed by atoms with Gasteiger partial charge in [0.25, 0.3) is 0 Å². The summed E-state index contributed by atoms with van der Waals surface area (Å²) in [5, 5.41) is 11.3. The topological polar surface area (TPSA) is 75.0 Å². The van der Waals surface area contributed by atoms with Gasteiger partial charge in [0.1, 0.15) is 41.7 Å². The van der Waals surface area contributed by atoms with Crippen LogP contribution in [0.25, 0.3) is 11.0 Å². The zero-order valence-electron chi connectivity index (χ0n) is 21.0. The van der Waals surface area contributed by atoms with Crippen molar-refractivity contribution >= 4 is 11.0 Å². The normalized spacial score (nSPS) is 12.3. The SMILES string of the molecule is CCOc1ccc2c(c1)nc(C(O)c1ccc(OCc3cc(F)ccc3F)cc1)n2C(OCC)OCC. The molecule has 0 saturated heterocycles. The number of aliphatic hydroxyl groups excluding tert-OH is 1. The monoisotopic (exact) mass is 512 g/mol. The van der Waals surface area contributed by atoms with Crippen LogP contribution in [0.5, 0.6) is 11.5 Å². The summed E-state index contributed by atoms with van der Waals surface area (Å²) in [6, 6.07) is 15.4. The van der Waals surface area contributed by atoms with Crippen molar-refractivity contribution in [1.29, 1.82) is 0 Å². The van der Waals surface area contributed by atoms with E-state index in [9.17, 15) is 13.9 Å². The highest BCUT2D eigenvalue weighted by atomic mass is 19.1. The maximum Gasteiger partial charge on any atom is 0.245 e. The zero-order chi connectivity index (χ0) is 26.4. The molecule has 0 radical (unpaired) electrons. The summed E-state index contributed by atoms with van der Waals surface area (Å²) in [5.74, 6) is 0.369. The van der Waals surface area contributed by atoms with Crippen molar-refractivity contribution in [3.05, 3.63) is 89.2 Å². The lowest BCUT2D eigenvalue weighted by Gasteiger charge is -2.23. The van der Waals surface area contributed by atoms with Gasteiger partial charge >= 0.3 is 0 Å². The molecule has 0 spiro atoms. The van der Waals surface area contributed by atoms with Crippen LogP contribution in [0, 0.1) is 11.6 Å². The molecular weight excluding hydrogens is 482 g/mol. The van der Waals surface area contributed by atoms with Crippen molar-refractivity contribution in [2.75, 3.05) is 19.8 Å². The average molecular weight is 513 g/mol. The fourth-order valence-electron chi connectivity index (χ4n) is 3.96. The Balaban J connectivity index is 1.63. The molecule has 0 aliphatic carbocycles. The molecule has 4 rings (SSSR count). The van der Waals surface area contributed by atoms with Gasteiger partial charge < -0.3 is 24.1 Å². The molecule has 0 amide bonds. The van der Waals surface area contributed by atoms with Crippen LogP contribution in [0.15, 0.2) is 60.7 Å². The Hall–Kier alpha value is -3.53. The molecule has 4 aromatic rings. The molecule has 0 aliphatic heterocycles. The number of imidazole rings is 1. The van der Waals surface area contributed by atoms with Crippen LogP contribution in [0.3, 0.4) is 0 Å². The highest BCUT2D eigenvalue weighted by Gasteiger charge is 2.26. The van der Waals surface area contributed by atoms with Crippen LogP contribution in [-0.2, 0) is 16.1 Å². The highest BCUT2D eigenvalue weighted by molar-refractivity contribution is 5.78. The second-order valence-electron chi connectivity index (χ2n) is 8.14. The maximum atomic E-state index is 13.9. The minimum atomic E-state index is -1.11. The fraction of sp³-hybridized carbons (Fsp3) is 0.321. The zero-order valence-corrected chi connectivity index (χ0v) is 21.0. The number of hydrogen-bond acceptors (Lipinski definition) is 6. The Bertz CT molecular complexity index is 1320. The lowest BCUT2D eigenvalue weighted by atomic mass is 10.1. The molecule has 37 heavy (non-hydrogen) atoms. The summed E-state index contributed by atoms with van der Waals surface area (Å²) < 4.78 is 51.9. The molecule has 9 heteroatoms. The fourth-order valence-corrected chi connectivity index (χ4v) is 3.96. The van der Waals surface area contributed by atoms with Crippen LogP contribution in [0.1, 0.15) is 50.2 Å². The lowest BCUT2D eigenvalue weighted by Crippen LogP contribution is -2.21. The van der Waals surface area contributed by atoms with Crippen molar-refractivity contribution in [3.63, 3.8) is 0 Å². The van der Waals surface area contributed by atoms with Gasteiger partial charge in [0.05, 0.1) is 17.6 Å². The third-order valence-corrected chi connectivity index (χ3v) is 5.67. The Morgan fingerprint density at radius 3 is 2.22 bits per heavy atom. The van der Waals surface area contributed by atoms with Crippen LogP contribution in [-0.4, -0.2) is 34.5 Å². The molecule has 7 nitrogen and oxygen atoms in total. The average Bonchev–Trinajstić information content (AvgIpc) is 3.28. The summed E-state index contributed by atoms with van der Waals surface area (Å²) in [7, 11) is 0. The first-order chi connectivity index (χ1) is 17.9. The number of halogens is 2. The number of rotatable bonds is 12. The third-order valence-electron chi connectivity index (χ3n) is 5.67. The smallest absolute Gasteiger partial charge is 0.245 e. The molecule has 0 bridgehead atoms. The molecule has 1 atom stereocenters. The third kappa shape index (κ3) is 6.07. The summed E-state index contributed by atoms with van der Waals surface area (Å²) >= 11 is 0. The molecule has 0 aliphatic rings. The van der Waals surface area contributed by atoms with Crippen LogP contribution in [0.2, 0.25) is 0 Å². The van der Waals surface area contributed by atoms with Crippen molar-refractivity contribution in [2.45, 2.75) is 39.9 Å². The lowest BCUT2D eigenvalue weighted by molar-refractivity contribution is -0.186. The first-order valence-corrected chi connectivity index (χ1v) is 12.2. The van der Waals surface area contributed by atoms with Crippen molar-refractivity contribution in [3.8, 4) is 11.5 Å². The van der Waals surface area contributed by atoms with Gasteiger partial charge in [-0.05, 0) is 68.8 Å². The van der Waals surface area contributed by atoms with Gasteiger partial charge in [0, 0.05) is 24.8 Å². The summed E-state index contributed by atoms with van der Waals surface area (Å²) in [5.41, 5.74) is 2.02. The molecule has 0 fully saturated rings. The number of aliphatic hydroxyl groups is 1. The van der Waals surface area contributed by atoms with Crippen LogP contribution >= 0.6 is 0 Å². The molecule has 1 N–H and O–H groups in total. The standard InChI is InChI=1S/C28H30F2N2O5/c1-4-34-22-12-14-25-24(16-22)31-27(32(25)28(35-5-2)36-6-3)26(33)18-7-10-21(11-8-18)37-17-19-15-20(29)9-13-23(19)30/h7-16,26,28,33H,4-6,17H2,1-3H3. The quantitative estimate of drug-likeness (QED) is 0.238. The van der Waals surface area contributed by atoms with Gasteiger partial charge in [0.2, 0.25) is 6.41 Å². The van der Waals surface area contributed by atoms with E-state index in [0.717, 1.165) is 23.7 Å². The second kappa shape index (κ2) is 12.1. The van der Waals surface area contributed by atoms with Gasteiger partial charge in [-0.15, -0.1) is 0 Å². The van der Waals surface area contributed by atoms with Crippen LogP contribution in [0.4, 0.5) is 8.78 Å². The molecule has 1 unspecified atom stereocenters. The molecule has 3 aromatic carbocycles. The number of ether oxygens (including phenoxy) is 4. The predicted molar refractivity (Wildman–Crippen MR) is 134 cm³/mol. The van der Waals surface area contributed by atoms with Crippen molar-refractivity contribution in [1.82, 2.24) is 9.55 Å². The minimum absolute atomic E-state index is 0.113. The van der Waals surface area contributed by atoms with E-state index >= 15 is 0 Å². The number of fused-ring (bicyclic) bond motifs is 1. The molecule has 196 valence electrons. The molecule has 1 heterocycles. The Labute approximate surface area is 214 Å². The predicted octanol–water partition coefficient (Wildman–Crippen LogP) is 5.90. The molecule has 1 aromatic heterocycles. The largest absolute Gasteiger partial charge is 0.494 e. The maximum absolute atomic E-state index is 13.9. The van der Waals surface area contributed by atoms with Crippen molar-refractivity contribution < 1.29 is 32.8 Å². The van der Waals surface area contributed by atoms with E-state index in [1.165, 1.54) is 0 Å². The van der Waals surface area contributed by atoms with Gasteiger partial charge in [-0.2, -0.15) is 0 Å². The minimum Gasteiger partial charge on any atom is -0.494 e. The summed E-state index contributed by atoms with van der Waals surface area (Å²) in [4.78, 5) is 4.70. The summed E-state index contributed by atoms with van der Waals surface area (Å²) in [6.07, 6.45) is -1.90. The number of benzene rings is 3. The van der Waals surface area contributed by atoms with E-state index in [1.54, 1.807) is 28.8 Å². The number of aromatic nitrogens is 2. The highest BCUT2D eigenvalue weighted by Crippen LogP contribution is 2.32. The summed E-state index contributed by atoms with van der Waals surface area (Å²) in [6.45, 7) is 6.81. The first kappa shape index (κ1) is 26.5. The van der Waals surface area contributed by atoms with E-state index in [0.29, 0.717) is 48.2 Å².